The number of hydrogen-bond acceptors (Lipinski definition) is 10. The van der Waals surface area contributed by atoms with Crippen molar-refractivity contribution in [3.05, 3.63) is 65.6 Å². The van der Waals surface area contributed by atoms with Gasteiger partial charge < -0.3 is 24.2 Å². The molecule has 0 atom stereocenters. The topological polar surface area (TPSA) is 87.2 Å². The second kappa shape index (κ2) is 14.2. The fourth-order valence-corrected chi connectivity index (χ4v) is 10.5. The van der Waals surface area contributed by atoms with Crippen LogP contribution >= 0.6 is 11.8 Å². The monoisotopic (exact) mass is 715 g/mol. The van der Waals surface area contributed by atoms with E-state index >= 15 is 0 Å². The molecule has 51 heavy (non-hydrogen) atoms. The maximum Gasteiger partial charge on any atom is 0.257 e. The SMILES string of the molecule is CCN(C(=O)c1cc(F)ccc1Oc1cncnc1N1CC2(CC(Oc3ccnc4c3CN(CCCN3CC5(CCCS5)C3)CC4)C2)C1)C(C)C. The van der Waals surface area contributed by atoms with E-state index in [0.29, 0.717) is 22.9 Å². The average molecular weight is 716 g/mol. The highest BCUT2D eigenvalue weighted by Crippen LogP contribution is 2.52. The summed E-state index contributed by atoms with van der Waals surface area (Å²) in [5.41, 5.74) is 2.81. The number of fused-ring (bicyclic) bond motifs is 1. The van der Waals surface area contributed by atoms with Crippen LogP contribution in [0.3, 0.4) is 0 Å². The van der Waals surface area contributed by atoms with Crippen molar-refractivity contribution in [2.45, 2.75) is 82.7 Å². The van der Waals surface area contributed by atoms with Crippen molar-refractivity contribution in [2.24, 2.45) is 5.41 Å². The fourth-order valence-electron chi connectivity index (χ4n) is 8.95. The smallest absolute Gasteiger partial charge is 0.257 e. The standard InChI is InChI=1S/C39H50FN7O3S/c1-4-47(27(2)3)37(48)30-17-28(40)7-8-33(30)50-35-20-41-26-43-36(35)46-22-38(23-46)18-29(19-38)49-34-9-12-42-32-10-15-44(21-31(32)34)13-6-14-45-24-39(25-45)11-5-16-51-39/h7-9,12,17,20,26-27,29H,4-6,10-11,13-16,18-19,21-25H2,1-3H3. The molecule has 2 spiro atoms. The fraction of sp³-hybridized carbons (Fsp3) is 0.590. The molecule has 0 unspecified atom stereocenters. The number of nitrogens with zero attached hydrogens (tertiary/aromatic N) is 7. The first-order valence-corrected chi connectivity index (χ1v) is 19.8. The van der Waals surface area contributed by atoms with Crippen molar-refractivity contribution in [2.75, 3.05) is 63.0 Å². The number of carbonyl (C=O) groups is 1. The van der Waals surface area contributed by atoms with E-state index in [9.17, 15) is 9.18 Å². The van der Waals surface area contributed by atoms with Crippen molar-refractivity contribution in [1.29, 1.82) is 0 Å². The van der Waals surface area contributed by atoms with Crippen LogP contribution in [-0.2, 0) is 13.0 Å². The van der Waals surface area contributed by atoms with E-state index < -0.39 is 5.82 Å². The summed E-state index contributed by atoms with van der Waals surface area (Å²) in [6.07, 6.45) is 12.2. The van der Waals surface area contributed by atoms with Crippen LogP contribution in [0.5, 0.6) is 17.2 Å². The minimum atomic E-state index is -0.486. The van der Waals surface area contributed by atoms with Crippen LogP contribution in [0.15, 0.2) is 43.0 Å². The van der Waals surface area contributed by atoms with Gasteiger partial charge in [-0.3, -0.25) is 14.7 Å². The number of likely N-dealkylation sites (tertiary alicyclic amines) is 1. The lowest BCUT2D eigenvalue weighted by molar-refractivity contribution is -0.0352. The Morgan fingerprint density at radius 2 is 1.90 bits per heavy atom. The van der Waals surface area contributed by atoms with Crippen LogP contribution in [0.25, 0.3) is 0 Å². The molecule has 12 heteroatoms. The molecular formula is C39H50FN7O3S. The Morgan fingerprint density at radius 3 is 2.67 bits per heavy atom. The lowest BCUT2D eigenvalue weighted by Gasteiger charge is -2.59. The molecule has 1 amide bonds. The quantitative estimate of drug-likeness (QED) is 0.221. The van der Waals surface area contributed by atoms with Crippen molar-refractivity contribution >= 4 is 23.5 Å². The number of halogens is 1. The van der Waals surface area contributed by atoms with Crippen LogP contribution in [0.1, 0.15) is 74.5 Å². The van der Waals surface area contributed by atoms with Gasteiger partial charge in [0.1, 0.15) is 29.7 Å². The maximum atomic E-state index is 14.3. The Hall–Kier alpha value is -3.48. The van der Waals surface area contributed by atoms with E-state index in [0.717, 1.165) is 57.7 Å². The molecule has 0 radical (unpaired) electrons. The van der Waals surface area contributed by atoms with Crippen LogP contribution in [0.2, 0.25) is 0 Å². The van der Waals surface area contributed by atoms with Gasteiger partial charge in [-0.25, -0.2) is 14.4 Å². The molecule has 10 nitrogen and oxygen atoms in total. The second-order valence-electron chi connectivity index (χ2n) is 15.6. The first-order valence-electron chi connectivity index (χ1n) is 18.8. The molecule has 2 aromatic heterocycles. The molecule has 3 saturated heterocycles. The summed E-state index contributed by atoms with van der Waals surface area (Å²) >= 11 is 2.20. The summed E-state index contributed by atoms with van der Waals surface area (Å²) in [6, 6.07) is 6.08. The summed E-state index contributed by atoms with van der Waals surface area (Å²) < 4.78 is 27.9. The summed E-state index contributed by atoms with van der Waals surface area (Å²) in [5.74, 6) is 3.00. The van der Waals surface area contributed by atoms with E-state index in [1.807, 2.05) is 27.0 Å². The predicted molar refractivity (Wildman–Crippen MR) is 197 cm³/mol. The van der Waals surface area contributed by atoms with Crippen molar-refractivity contribution in [3.8, 4) is 17.2 Å². The van der Waals surface area contributed by atoms with Gasteiger partial charge in [0.05, 0.1) is 11.8 Å². The predicted octanol–water partition coefficient (Wildman–Crippen LogP) is 6.05. The zero-order valence-electron chi connectivity index (χ0n) is 30.2. The molecule has 1 saturated carbocycles. The molecule has 0 bridgehead atoms. The lowest BCUT2D eigenvalue weighted by Crippen LogP contribution is -2.65. The zero-order valence-corrected chi connectivity index (χ0v) is 31.0. The van der Waals surface area contributed by atoms with Gasteiger partial charge in [0.15, 0.2) is 11.6 Å². The van der Waals surface area contributed by atoms with E-state index in [1.54, 1.807) is 11.1 Å². The van der Waals surface area contributed by atoms with Crippen LogP contribution in [-0.4, -0.2) is 111 Å². The third-order valence-corrected chi connectivity index (χ3v) is 13.1. The molecule has 6 heterocycles. The number of rotatable bonds is 12. The van der Waals surface area contributed by atoms with Crippen molar-refractivity contribution in [1.82, 2.24) is 29.7 Å². The first kappa shape index (κ1) is 34.6. The number of anilines is 1. The minimum absolute atomic E-state index is 0.0333. The average Bonchev–Trinajstić information content (AvgIpc) is 3.57. The molecule has 8 rings (SSSR count). The number of ether oxygens (including phenoxy) is 2. The second-order valence-corrected chi connectivity index (χ2v) is 17.2. The van der Waals surface area contributed by atoms with E-state index in [2.05, 4.69) is 42.5 Å². The molecule has 5 aliphatic rings. The number of pyridine rings is 1. The molecular weight excluding hydrogens is 666 g/mol. The Labute approximate surface area is 305 Å². The molecule has 272 valence electrons. The van der Waals surface area contributed by atoms with Crippen molar-refractivity contribution < 1.29 is 18.7 Å². The Morgan fingerprint density at radius 1 is 1.08 bits per heavy atom. The zero-order chi connectivity index (χ0) is 35.2. The number of amides is 1. The normalized spacial score (nSPS) is 20.9. The van der Waals surface area contributed by atoms with Crippen molar-refractivity contribution in [3.63, 3.8) is 0 Å². The molecule has 3 aromatic rings. The van der Waals surface area contributed by atoms with Gasteiger partial charge >= 0.3 is 0 Å². The number of aromatic nitrogens is 3. The summed E-state index contributed by atoms with van der Waals surface area (Å²) in [4.78, 5) is 36.0. The van der Waals surface area contributed by atoms with Crippen LogP contribution < -0.4 is 14.4 Å². The Bertz CT molecular complexity index is 1730. The van der Waals surface area contributed by atoms with Gasteiger partial charge in [-0.2, -0.15) is 11.8 Å². The molecule has 0 N–H and O–H groups in total. The van der Waals surface area contributed by atoms with Gasteiger partial charge in [-0.05, 0) is 96.0 Å². The van der Waals surface area contributed by atoms with E-state index in [-0.39, 0.29) is 34.8 Å². The summed E-state index contributed by atoms with van der Waals surface area (Å²) in [5, 5.41) is 0. The lowest BCUT2D eigenvalue weighted by atomic mass is 9.61. The number of thioether (sulfide) groups is 1. The summed E-state index contributed by atoms with van der Waals surface area (Å²) in [7, 11) is 0. The molecule has 1 aromatic carbocycles. The molecule has 4 aliphatic heterocycles. The number of carbonyl (C=O) groups excluding carboxylic acids is 1. The molecule has 4 fully saturated rings. The van der Waals surface area contributed by atoms with Gasteiger partial charge in [-0.15, -0.1) is 0 Å². The number of benzene rings is 1. The highest BCUT2D eigenvalue weighted by molar-refractivity contribution is 8.01. The first-order chi connectivity index (χ1) is 24.7. The highest BCUT2D eigenvalue weighted by atomic mass is 32.2. The van der Waals surface area contributed by atoms with Crippen LogP contribution in [0, 0.1) is 11.2 Å². The third-order valence-electron chi connectivity index (χ3n) is 11.5. The van der Waals surface area contributed by atoms with E-state index in [4.69, 9.17) is 14.5 Å². The number of hydrogen-bond donors (Lipinski definition) is 0. The van der Waals surface area contributed by atoms with Gasteiger partial charge in [0.2, 0.25) is 0 Å². The Kier molecular flexibility index (Phi) is 9.60. The van der Waals surface area contributed by atoms with Crippen LogP contribution in [0.4, 0.5) is 10.2 Å². The van der Waals surface area contributed by atoms with Gasteiger partial charge in [-0.1, -0.05) is 0 Å². The van der Waals surface area contributed by atoms with Gasteiger partial charge in [0.25, 0.3) is 5.91 Å². The van der Waals surface area contributed by atoms with Gasteiger partial charge in [0, 0.05) is 85.9 Å². The third kappa shape index (κ3) is 7.03. The summed E-state index contributed by atoms with van der Waals surface area (Å²) in [6.45, 7) is 14.9. The highest BCUT2D eigenvalue weighted by Gasteiger charge is 2.54. The minimum Gasteiger partial charge on any atom is -0.490 e. The molecule has 1 aliphatic carbocycles. The van der Waals surface area contributed by atoms with E-state index in [1.165, 1.54) is 80.4 Å². The largest absolute Gasteiger partial charge is 0.490 e. The Balaban J connectivity index is 0.849. The maximum absolute atomic E-state index is 14.3.